The zero-order chi connectivity index (χ0) is 18.0. The summed E-state index contributed by atoms with van der Waals surface area (Å²) in [6.07, 6.45) is 1.65. The number of aromatic nitrogens is 3. The van der Waals surface area contributed by atoms with E-state index in [4.69, 9.17) is 0 Å². The summed E-state index contributed by atoms with van der Waals surface area (Å²) in [7, 11) is 0. The predicted molar refractivity (Wildman–Crippen MR) is 98.8 cm³/mol. The SMILES string of the molecule is CC(C)c1cc(C(C)C)nc(-c2cnc(-c3ccccc3)c(F)c2)n1. The molecule has 0 fully saturated rings. The maximum absolute atomic E-state index is 14.6. The number of hydrogen-bond acceptors (Lipinski definition) is 3. The monoisotopic (exact) mass is 335 g/mol. The minimum atomic E-state index is -0.367. The molecule has 0 bridgehead atoms. The summed E-state index contributed by atoms with van der Waals surface area (Å²) in [5.74, 6) is 0.718. The molecule has 3 nitrogen and oxygen atoms in total. The van der Waals surface area contributed by atoms with E-state index in [2.05, 4.69) is 42.6 Å². The normalized spacial score (nSPS) is 11.3. The van der Waals surface area contributed by atoms with Crippen molar-refractivity contribution in [3.63, 3.8) is 0 Å². The lowest BCUT2D eigenvalue weighted by Gasteiger charge is -2.13. The van der Waals surface area contributed by atoms with E-state index in [-0.39, 0.29) is 17.7 Å². The number of benzene rings is 1. The Morgan fingerprint density at radius 1 is 0.800 bits per heavy atom. The molecule has 3 rings (SSSR count). The van der Waals surface area contributed by atoms with Gasteiger partial charge in [0.1, 0.15) is 11.5 Å². The number of pyridine rings is 1. The van der Waals surface area contributed by atoms with Crippen molar-refractivity contribution >= 4 is 0 Å². The third-order valence-electron chi connectivity index (χ3n) is 4.10. The fourth-order valence-electron chi connectivity index (χ4n) is 2.57. The second-order valence-corrected chi connectivity index (χ2v) is 6.77. The predicted octanol–water partition coefficient (Wildman–Crippen LogP) is 5.59. The van der Waals surface area contributed by atoms with E-state index >= 15 is 0 Å². The summed E-state index contributed by atoms with van der Waals surface area (Å²) < 4.78 is 14.6. The fraction of sp³-hybridized carbons (Fsp3) is 0.286. The number of halogens is 1. The molecule has 3 aromatic rings. The molecule has 0 radical (unpaired) electrons. The molecule has 0 aliphatic rings. The van der Waals surface area contributed by atoms with Gasteiger partial charge in [-0.3, -0.25) is 4.98 Å². The van der Waals surface area contributed by atoms with Crippen molar-refractivity contribution in [3.8, 4) is 22.6 Å². The van der Waals surface area contributed by atoms with E-state index in [1.54, 1.807) is 6.20 Å². The molecule has 0 aliphatic heterocycles. The van der Waals surface area contributed by atoms with E-state index in [1.807, 2.05) is 36.4 Å². The molecule has 0 N–H and O–H groups in total. The summed E-state index contributed by atoms with van der Waals surface area (Å²) in [5.41, 5.74) is 3.61. The summed E-state index contributed by atoms with van der Waals surface area (Å²) >= 11 is 0. The number of nitrogens with zero attached hydrogens (tertiary/aromatic N) is 3. The van der Waals surface area contributed by atoms with Crippen LogP contribution in [0.1, 0.15) is 50.9 Å². The van der Waals surface area contributed by atoms with Crippen LogP contribution in [-0.2, 0) is 0 Å². The number of rotatable bonds is 4. The van der Waals surface area contributed by atoms with Crippen LogP contribution < -0.4 is 0 Å². The average molecular weight is 335 g/mol. The molecule has 0 unspecified atom stereocenters. The smallest absolute Gasteiger partial charge is 0.161 e. The molecule has 0 aliphatic carbocycles. The molecule has 0 amide bonds. The van der Waals surface area contributed by atoms with E-state index in [9.17, 15) is 4.39 Å². The Kier molecular flexibility index (Phi) is 4.88. The van der Waals surface area contributed by atoms with Crippen LogP contribution in [0.5, 0.6) is 0 Å². The van der Waals surface area contributed by atoms with Crippen molar-refractivity contribution in [1.82, 2.24) is 15.0 Å². The van der Waals surface area contributed by atoms with Crippen LogP contribution in [0.2, 0.25) is 0 Å². The van der Waals surface area contributed by atoms with Gasteiger partial charge in [-0.15, -0.1) is 0 Å². The van der Waals surface area contributed by atoms with Gasteiger partial charge in [0, 0.05) is 28.7 Å². The van der Waals surface area contributed by atoms with Gasteiger partial charge in [0.25, 0.3) is 0 Å². The van der Waals surface area contributed by atoms with Crippen LogP contribution in [0.25, 0.3) is 22.6 Å². The van der Waals surface area contributed by atoms with Crippen molar-refractivity contribution in [1.29, 1.82) is 0 Å². The van der Waals surface area contributed by atoms with Crippen LogP contribution in [0.15, 0.2) is 48.7 Å². The molecule has 2 aromatic heterocycles. The molecule has 25 heavy (non-hydrogen) atoms. The first-order chi connectivity index (χ1) is 12.0. The van der Waals surface area contributed by atoms with Crippen LogP contribution in [0.3, 0.4) is 0 Å². The van der Waals surface area contributed by atoms with Gasteiger partial charge in [0.2, 0.25) is 0 Å². The van der Waals surface area contributed by atoms with Gasteiger partial charge < -0.3 is 0 Å². The molecule has 2 heterocycles. The third-order valence-corrected chi connectivity index (χ3v) is 4.10. The maximum Gasteiger partial charge on any atom is 0.161 e. The average Bonchev–Trinajstić information content (AvgIpc) is 2.61. The highest BCUT2D eigenvalue weighted by atomic mass is 19.1. The zero-order valence-corrected chi connectivity index (χ0v) is 15.0. The first-order valence-electron chi connectivity index (χ1n) is 8.56. The minimum absolute atomic E-state index is 0.278. The van der Waals surface area contributed by atoms with Crippen LogP contribution in [-0.4, -0.2) is 15.0 Å². The first kappa shape index (κ1) is 17.2. The Hall–Kier alpha value is -2.62. The molecule has 0 spiro atoms. The number of hydrogen-bond donors (Lipinski definition) is 0. The van der Waals surface area contributed by atoms with E-state index in [1.165, 1.54) is 6.07 Å². The topological polar surface area (TPSA) is 38.7 Å². The Bertz CT molecular complexity index is 847. The second-order valence-electron chi connectivity index (χ2n) is 6.77. The van der Waals surface area contributed by atoms with Gasteiger partial charge in [0.15, 0.2) is 5.82 Å². The lowest BCUT2D eigenvalue weighted by molar-refractivity contribution is 0.626. The van der Waals surface area contributed by atoms with Crippen molar-refractivity contribution < 1.29 is 4.39 Å². The Morgan fingerprint density at radius 3 is 1.92 bits per heavy atom. The van der Waals surface area contributed by atoms with Gasteiger partial charge in [-0.2, -0.15) is 0 Å². The van der Waals surface area contributed by atoms with Crippen LogP contribution >= 0.6 is 0 Å². The van der Waals surface area contributed by atoms with E-state index < -0.39 is 0 Å². The summed E-state index contributed by atoms with van der Waals surface area (Å²) in [6.45, 7) is 8.36. The molecule has 1 aromatic carbocycles. The van der Waals surface area contributed by atoms with Crippen molar-refractivity contribution in [3.05, 3.63) is 65.9 Å². The van der Waals surface area contributed by atoms with Crippen LogP contribution in [0, 0.1) is 5.82 Å². The highest BCUT2D eigenvalue weighted by Gasteiger charge is 2.14. The van der Waals surface area contributed by atoms with Gasteiger partial charge in [-0.25, -0.2) is 14.4 Å². The first-order valence-corrected chi connectivity index (χ1v) is 8.56. The molecule has 128 valence electrons. The lowest BCUT2D eigenvalue weighted by atomic mass is 10.0. The highest BCUT2D eigenvalue weighted by molar-refractivity contribution is 5.64. The molecule has 0 atom stereocenters. The van der Waals surface area contributed by atoms with Gasteiger partial charge in [-0.05, 0) is 24.0 Å². The third kappa shape index (κ3) is 3.73. The van der Waals surface area contributed by atoms with Gasteiger partial charge >= 0.3 is 0 Å². The second kappa shape index (κ2) is 7.09. The summed E-state index contributed by atoms with van der Waals surface area (Å²) in [6, 6.07) is 12.8. The Morgan fingerprint density at radius 2 is 1.40 bits per heavy atom. The van der Waals surface area contributed by atoms with Crippen molar-refractivity contribution in [2.45, 2.75) is 39.5 Å². The van der Waals surface area contributed by atoms with Gasteiger partial charge in [-0.1, -0.05) is 58.0 Å². The van der Waals surface area contributed by atoms with E-state index in [0.717, 1.165) is 17.0 Å². The molecular weight excluding hydrogens is 313 g/mol. The summed E-state index contributed by atoms with van der Waals surface area (Å²) in [4.78, 5) is 13.5. The largest absolute Gasteiger partial charge is 0.252 e. The minimum Gasteiger partial charge on any atom is -0.252 e. The molecule has 0 saturated heterocycles. The molecule has 4 heteroatoms. The van der Waals surface area contributed by atoms with Gasteiger partial charge in [0.05, 0.1) is 0 Å². The van der Waals surface area contributed by atoms with Crippen molar-refractivity contribution in [2.24, 2.45) is 0 Å². The quantitative estimate of drug-likeness (QED) is 0.623. The Balaban J connectivity index is 2.06. The fourth-order valence-corrected chi connectivity index (χ4v) is 2.57. The van der Waals surface area contributed by atoms with Crippen LogP contribution in [0.4, 0.5) is 4.39 Å². The standard InChI is InChI=1S/C21H22FN3/c1-13(2)18-11-19(14(3)4)25-21(24-18)16-10-17(22)20(23-12-16)15-8-6-5-7-9-15/h5-14H,1-4H3. The zero-order valence-electron chi connectivity index (χ0n) is 15.0. The molecular formula is C21H22FN3. The molecule has 0 saturated carbocycles. The summed E-state index contributed by atoms with van der Waals surface area (Å²) in [5, 5.41) is 0. The highest BCUT2D eigenvalue weighted by Crippen LogP contribution is 2.26. The lowest BCUT2D eigenvalue weighted by Crippen LogP contribution is -2.04. The maximum atomic E-state index is 14.6. The van der Waals surface area contributed by atoms with E-state index in [0.29, 0.717) is 17.1 Å². The Labute approximate surface area is 148 Å². The van der Waals surface area contributed by atoms with Crippen molar-refractivity contribution in [2.75, 3.05) is 0 Å².